The molecule has 26 heavy (non-hydrogen) atoms. The van der Waals surface area contributed by atoms with Crippen LogP contribution in [0, 0.1) is 0 Å². The number of benzene rings is 2. The molecule has 138 valence electrons. The van der Waals surface area contributed by atoms with Gasteiger partial charge in [0, 0.05) is 12.2 Å². The van der Waals surface area contributed by atoms with Crippen molar-refractivity contribution in [1.82, 2.24) is 10.6 Å². The number of urea groups is 1. The van der Waals surface area contributed by atoms with Gasteiger partial charge in [-0.1, -0.05) is 18.2 Å². The van der Waals surface area contributed by atoms with Gasteiger partial charge in [0.1, 0.15) is 0 Å². The zero-order chi connectivity index (χ0) is 18.9. The Balaban J connectivity index is 1.85. The van der Waals surface area contributed by atoms with Crippen molar-refractivity contribution in [3.63, 3.8) is 0 Å². The Morgan fingerprint density at radius 1 is 1.12 bits per heavy atom. The van der Waals surface area contributed by atoms with Gasteiger partial charge in [0.15, 0.2) is 11.5 Å². The Labute approximate surface area is 152 Å². The molecule has 0 aliphatic rings. The molecule has 0 saturated heterocycles. The zero-order valence-electron chi connectivity index (χ0n) is 14.9. The predicted octanol–water partition coefficient (Wildman–Crippen LogP) is 2.36. The van der Waals surface area contributed by atoms with Crippen molar-refractivity contribution in [2.24, 2.45) is 0 Å². The molecule has 0 heterocycles. The van der Waals surface area contributed by atoms with Crippen molar-refractivity contribution in [2.75, 3.05) is 26.0 Å². The fourth-order valence-corrected chi connectivity index (χ4v) is 2.38. The summed E-state index contributed by atoms with van der Waals surface area (Å²) in [5.74, 6) is 0.780. The molecule has 7 nitrogen and oxygen atoms in total. The summed E-state index contributed by atoms with van der Waals surface area (Å²) >= 11 is 0. The SMILES string of the molecule is CCOc1ccc(CCNC(=O)NC(=O)c2ccccc2N)cc1OC. The predicted molar refractivity (Wildman–Crippen MR) is 99.6 cm³/mol. The summed E-state index contributed by atoms with van der Waals surface area (Å²) in [6, 6.07) is 11.6. The van der Waals surface area contributed by atoms with Crippen molar-refractivity contribution < 1.29 is 19.1 Å². The number of nitrogens with two attached hydrogens (primary N) is 1. The van der Waals surface area contributed by atoms with Crippen LogP contribution >= 0.6 is 0 Å². The Bertz CT molecular complexity index is 777. The van der Waals surface area contributed by atoms with Gasteiger partial charge in [0.2, 0.25) is 0 Å². The van der Waals surface area contributed by atoms with Crippen molar-refractivity contribution >= 4 is 17.6 Å². The fraction of sp³-hybridized carbons (Fsp3) is 0.263. The molecule has 0 unspecified atom stereocenters. The van der Waals surface area contributed by atoms with E-state index < -0.39 is 11.9 Å². The third-order valence-corrected chi connectivity index (χ3v) is 3.66. The van der Waals surface area contributed by atoms with Gasteiger partial charge >= 0.3 is 6.03 Å². The van der Waals surface area contributed by atoms with Gasteiger partial charge < -0.3 is 20.5 Å². The van der Waals surface area contributed by atoms with Crippen LogP contribution in [0.5, 0.6) is 11.5 Å². The minimum Gasteiger partial charge on any atom is -0.493 e. The Morgan fingerprint density at radius 2 is 1.88 bits per heavy atom. The highest BCUT2D eigenvalue weighted by Crippen LogP contribution is 2.28. The molecule has 0 fully saturated rings. The van der Waals surface area contributed by atoms with Gasteiger partial charge in [0.05, 0.1) is 19.3 Å². The first kappa shape index (κ1) is 19.1. The summed E-state index contributed by atoms with van der Waals surface area (Å²) in [4.78, 5) is 23.9. The number of hydrogen-bond donors (Lipinski definition) is 3. The van der Waals surface area contributed by atoms with E-state index in [9.17, 15) is 9.59 Å². The summed E-state index contributed by atoms with van der Waals surface area (Å²) in [6.45, 7) is 2.82. The van der Waals surface area contributed by atoms with E-state index in [4.69, 9.17) is 15.2 Å². The number of carbonyl (C=O) groups excluding carboxylic acids is 2. The van der Waals surface area contributed by atoms with E-state index in [1.54, 1.807) is 31.4 Å². The molecule has 0 aliphatic carbocycles. The van der Waals surface area contributed by atoms with Gasteiger partial charge in [-0.15, -0.1) is 0 Å². The first-order valence-electron chi connectivity index (χ1n) is 8.28. The first-order chi connectivity index (χ1) is 12.5. The quantitative estimate of drug-likeness (QED) is 0.660. The summed E-state index contributed by atoms with van der Waals surface area (Å²) in [6.07, 6.45) is 0.581. The highest BCUT2D eigenvalue weighted by atomic mass is 16.5. The van der Waals surface area contributed by atoms with Gasteiger partial charge in [-0.05, 0) is 43.2 Å². The maximum absolute atomic E-state index is 12.0. The number of rotatable bonds is 7. The number of ether oxygens (including phenoxy) is 2. The van der Waals surface area contributed by atoms with Crippen LogP contribution in [0.1, 0.15) is 22.8 Å². The number of para-hydroxylation sites is 1. The number of hydrogen-bond acceptors (Lipinski definition) is 5. The summed E-state index contributed by atoms with van der Waals surface area (Å²) in [5, 5.41) is 4.90. The zero-order valence-corrected chi connectivity index (χ0v) is 14.9. The molecule has 0 atom stereocenters. The molecular formula is C19H23N3O4. The van der Waals surface area contributed by atoms with Crippen LogP contribution < -0.4 is 25.8 Å². The third kappa shape index (κ3) is 5.14. The molecule has 0 radical (unpaired) electrons. The highest BCUT2D eigenvalue weighted by molar-refractivity contribution is 6.07. The molecule has 2 aromatic carbocycles. The van der Waals surface area contributed by atoms with E-state index in [0.717, 1.165) is 5.56 Å². The van der Waals surface area contributed by atoms with Crippen molar-refractivity contribution in [3.05, 3.63) is 53.6 Å². The molecule has 4 N–H and O–H groups in total. The van der Waals surface area contributed by atoms with Gasteiger partial charge in [-0.3, -0.25) is 10.1 Å². The lowest BCUT2D eigenvalue weighted by Crippen LogP contribution is -2.40. The van der Waals surface area contributed by atoms with Crippen LogP contribution in [0.15, 0.2) is 42.5 Å². The lowest BCUT2D eigenvalue weighted by molar-refractivity contribution is 0.0965. The molecule has 7 heteroatoms. The standard InChI is InChI=1S/C19H23N3O4/c1-3-26-16-9-8-13(12-17(16)25-2)10-11-21-19(24)22-18(23)14-6-4-5-7-15(14)20/h4-9,12H,3,10-11,20H2,1-2H3,(H2,21,22,23,24). The van der Waals surface area contributed by atoms with E-state index in [1.807, 2.05) is 25.1 Å². The number of carbonyl (C=O) groups is 2. The largest absolute Gasteiger partial charge is 0.493 e. The van der Waals surface area contributed by atoms with Gasteiger partial charge in [-0.2, -0.15) is 0 Å². The molecular weight excluding hydrogens is 334 g/mol. The number of imide groups is 1. The van der Waals surface area contributed by atoms with E-state index in [-0.39, 0.29) is 5.56 Å². The molecule has 0 bridgehead atoms. The second kappa shape index (κ2) is 9.31. The lowest BCUT2D eigenvalue weighted by Gasteiger charge is -2.11. The molecule has 3 amide bonds. The molecule has 2 rings (SSSR count). The number of nitrogens with one attached hydrogen (secondary N) is 2. The number of anilines is 1. The van der Waals surface area contributed by atoms with Crippen LogP contribution in [0.4, 0.5) is 10.5 Å². The van der Waals surface area contributed by atoms with Crippen LogP contribution in [0.25, 0.3) is 0 Å². The normalized spacial score (nSPS) is 10.1. The molecule has 0 aromatic heterocycles. The van der Waals surface area contributed by atoms with Crippen molar-refractivity contribution in [2.45, 2.75) is 13.3 Å². The Kier molecular flexibility index (Phi) is 6.84. The van der Waals surface area contributed by atoms with Gasteiger partial charge in [-0.25, -0.2) is 4.79 Å². The molecule has 0 spiro atoms. The lowest BCUT2D eigenvalue weighted by atomic mass is 10.1. The van der Waals surface area contributed by atoms with Crippen LogP contribution in [-0.2, 0) is 6.42 Å². The maximum Gasteiger partial charge on any atom is 0.321 e. The molecule has 2 aromatic rings. The summed E-state index contributed by atoms with van der Waals surface area (Å²) in [7, 11) is 1.58. The minimum absolute atomic E-state index is 0.263. The smallest absolute Gasteiger partial charge is 0.321 e. The number of methoxy groups -OCH3 is 1. The fourth-order valence-electron chi connectivity index (χ4n) is 2.38. The highest BCUT2D eigenvalue weighted by Gasteiger charge is 2.12. The van der Waals surface area contributed by atoms with Gasteiger partial charge in [0.25, 0.3) is 5.91 Å². The van der Waals surface area contributed by atoms with Crippen LogP contribution in [0.2, 0.25) is 0 Å². The number of nitrogen functional groups attached to an aromatic ring is 1. The monoisotopic (exact) mass is 357 g/mol. The molecule has 0 aliphatic heterocycles. The van der Waals surface area contributed by atoms with Crippen molar-refractivity contribution in [1.29, 1.82) is 0 Å². The topological polar surface area (TPSA) is 103 Å². The van der Waals surface area contributed by atoms with E-state index in [2.05, 4.69) is 10.6 Å². The van der Waals surface area contributed by atoms with Crippen LogP contribution in [0.3, 0.4) is 0 Å². The first-order valence-corrected chi connectivity index (χ1v) is 8.28. The average molecular weight is 357 g/mol. The average Bonchev–Trinajstić information content (AvgIpc) is 2.63. The minimum atomic E-state index is -0.573. The second-order valence-corrected chi connectivity index (χ2v) is 5.47. The Hall–Kier alpha value is -3.22. The van der Waals surface area contributed by atoms with Crippen LogP contribution in [-0.4, -0.2) is 32.2 Å². The third-order valence-electron chi connectivity index (χ3n) is 3.66. The van der Waals surface area contributed by atoms with Crippen molar-refractivity contribution in [3.8, 4) is 11.5 Å². The summed E-state index contributed by atoms with van der Waals surface area (Å²) < 4.78 is 10.8. The molecule has 0 saturated carbocycles. The van der Waals surface area contributed by atoms with E-state index in [1.165, 1.54) is 0 Å². The summed E-state index contributed by atoms with van der Waals surface area (Å²) in [5.41, 5.74) is 7.28. The number of amides is 3. The second-order valence-electron chi connectivity index (χ2n) is 5.47. The Morgan fingerprint density at radius 3 is 2.58 bits per heavy atom. The van der Waals surface area contributed by atoms with E-state index in [0.29, 0.717) is 36.8 Å². The van der Waals surface area contributed by atoms with E-state index >= 15 is 0 Å². The maximum atomic E-state index is 12.0.